The van der Waals surface area contributed by atoms with Crippen LogP contribution in [-0.4, -0.2) is 38.1 Å². The molecule has 0 aromatic carbocycles. The zero-order valence-corrected chi connectivity index (χ0v) is 17.0. The number of amides is 1. The number of hydrogen-bond acceptors (Lipinski definition) is 3. The number of piperidine rings is 1. The maximum absolute atomic E-state index is 12.4. The van der Waals surface area contributed by atoms with Crippen LogP contribution in [0.4, 0.5) is 0 Å². The van der Waals surface area contributed by atoms with Crippen molar-refractivity contribution in [3.05, 3.63) is 34.9 Å². The number of rotatable bonds is 9. The highest BCUT2D eigenvalue weighted by atomic mass is 16.1. The van der Waals surface area contributed by atoms with Gasteiger partial charge in [0, 0.05) is 37.2 Å². The van der Waals surface area contributed by atoms with Crippen LogP contribution in [0.2, 0.25) is 0 Å². The van der Waals surface area contributed by atoms with Gasteiger partial charge in [0.25, 0.3) is 0 Å². The Bertz CT molecular complexity index is 562. The molecule has 1 amide bonds. The number of allylic oxidation sites excluding steroid dienone is 3. The van der Waals surface area contributed by atoms with Gasteiger partial charge in [-0.3, -0.25) is 4.79 Å². The lowest BCUT2D eigenvalue weighted by atomic mass is 9.81. The van der Waals surface area contributed by atoms with Crippen LogP contribution in [0.1, 0.15) is 53.4 Å². The van der Waals surface area contributed by atoms with Gasteiger partial charge in [-0.05, 0) is 51.1 Å². The van der Waals surface area contributed by atoms with Crippen molar-refractivity contribution in [1.82, 2.24) is 16.0 Å². The fourth-order valence-electron chi connectivity index (χ4n) is 4.31. The van der Waals surface area contributed by atoms with Crippen molar-refractivity contribution in [1.29, 1.82) is 0 Å². The van der Waals surface area contributed by atoms with Crippen molar-refractivity contribution < 1.29 is 4.79 Å². The molecule has 0 bridgehead atoms. The Morgan fingerprint density at radius 3 is 2.88 bits per heavy atom. The minimum absolute atomic E-state index is 0.104. The van der Waals surface area contributed by atoms with Gasteiger partial charge in [-0.1, -0.05) is 44.1 Å². The topological polar surface area (TPSA) is 53.2 Å². The van der Waals surface area contributed by atoms with Gasteiger partial charge >= 0.3 is 0 Å². The molecule has 26 heavy (non-hydrogen) atoms. The molecule has 1 fully saturated rings. The Balaban J connectivity index is 1.87. The summed E-state index contributed by atoms with van der Waals surface area (Å²) in [7, 11) is 0. The van der Waals surface area contributed by atoms with Gasteiger partial charge in [0.15, 0.2) is 0 Å². The predicted molar refractivity (Wildman–Crippen MR) is 110 cm³/mol. The van der Waals surface area contributed by atoms with E-state index in [1.165, 1.54) is 30.4 Å². The fraction of sp³-hybridized carbons (Fsp3) is 0.682. The second-order valence-corrected chi connectivity index (χ2v) is 7.56. The Hall–Kier alpha value is -1.39. The summed E-state index contributed by atoms with van der Waals surface area (Å²) in [5, 5.41) is 9.98. The van der Waals surface area contributed by atoms with Gasteiger partial charge in [0.1, 0.15) is 0 Å². The first kappa shape index (κ1) is 20.9. The van der Waals surface area contributed by atoms with Crippen LogP contribution in [-0.2, 0) is 4.79 Å². The number of nitrogens with one attached hydrogen (secondary N) is 3. The van der Waals surface area contributed by atoms with Crippen LogP contribution in [0.5, 0.6) is 0 Å². The van der Waals surface area contributed by atoms with Crippen LogP contribution >= 0.6 is 0 Å². The number of hydrogen-bond donors (Lipinski definition) is 3. The summed E-state index contributed by atoms with van der Waals surface area (Å²) in [6.07, 6.45) is 11.5. The van der Waals surface area contributed by atoms with Crippen LogP contribution in [0.15, 0.2) is 34.9 Å². The largest absolute Gasteiger partial charge is 0.348 e. The zero-order chi connectivity index (χ0) is 18.9. The molecule has 3 unspecified atom stereocenters. The van der Waals surface area contributed by atoms with Gasteiger partial charge in [-0.15, -0.1) is 0 Å². The van der Waals surface area contributed by atoms with E-state index >= 15 is 0 Å². The standard InChI is InChI=1S/C22H37N3O/c1-5-9-17(6-2)18(7-3)10-8-12-23-14-20-16(4)19-11-13-24-15-21(19)25-22(20)26/h7-8,10,17,19,21,23-24H,5-6,9,11-15H2,1-4H3,(H,25,26)/b10-8-,18-7+. The lowest BCUT2D eigenvalue weighted by Crippen LogP contribution is -2.55. The lowest BCUT2D eigenvalue weighted by molar-refractivity contribution is -0.119. The maximum atomic E-state index is 12.4. The first-order chi connectivity index (χ1) is 12.6. The maximum Gasteiger partial charge on any atom is 0.248 e. The average molecular weight is 360 g/mol. The van der Waals surface area contributed by atoms with Crippen LogP contribution in [0.3, 0.4) is 0 Å². The van der Waals surface area contributed by atoms with Crippen molar-refractivity contribution in [3.63, 3.8) is 0 Å². The second kappa shape index (κ2) is 10.7. The van der Waals surface area contributed by atoms with Gasteiger partial charge < -0.3 is 16.0 Å². The highest BCUT2D eigenvalue weighted by Gasteiger charge is 2.34. The molecule has 2 aliphatic rings. The summed E-state index contributed by atoms with van der Waals surface area (Å²) in [6.45, 7) is 12.2. The average Bonchev–Trinajstić information content (AvgIpc) is 2.65. The minimum atomic E-state index is 0.104. The van der Waals surface area contributed by atoms with E-state index in [0.717, 1.165) is 31.6 Å². The van der Waals surface area contributed by atoms with Gasteiger partial charge in [0.05, 0.1) is 0 Å². The fourth-order valence-corrected chi connectivity index (χ4v) is 4.31. The summed E-state index contributed by atoms with van der Waals surface area (Å²) >= 11 is 0. The Kier molecular flexibility index (Phi) is 8.60. The molecule has 2 heterocycles. The zero-order valence-electron chi connectivity index (χ0n) is 17.0. The van der Waals surface area contributed by atoms with E-state index in [1.54, 1.807) is 0 Å². The molecule has 0 aromatic rings. The lowest BCUT2D eigenvalue weighted by Gasteiger charge is -2.38. The molecule has 0 saturated carbocycles. The molecule has 2 rings (SSSR count). The third kappa shape index (κ3) is 5.31. The molecule has 0 radical (unpaired) electrons. The predicted octanol–water partition coefficient (Wildman–Crippen LogP) is 3.33. The summed E-state index contributed by atoms with van der Waals surface area (Å²) in [4.78, 5) is 12.4. The molecule has 3 atom stereocenters. The minimum Gasteiger partial charge on any atom is -0.348 e. The molecule has 4 nitrogen and oxygen atoms in total. The number of carbonyl (C=O) groups excluding carboxylic acids is 1. The molecule has 0 aromatic heterocycles. The summed E-state index contributed by atoms with van der Waals surface area (Å²) < 4.78 is 0. The van der Waals surface area contributed by atoms with Gasteiger partial charge in [-0.25, -0.2) is 0 Å². The Morgan fingerprint density at radius 1 is 1.38 bits per heavy atom. The van der Waals surface area contributed by atoms with Gasteiger partial charge in [-0.2, -0.15) is 0 Å². The van der Waals surface area contributed by atoms with Crippen molar-refractivity contribution >= 4 is 5.91 Å². The van der Waals surface area contributed by atoms with E-state index in [-0.39, 0.29) is 11.9 Å². The van der Waals surface area contributed by atoms with Crippen molar-refractivity contribution in [2.45, 2.75) is 59.4 Å². The molecule has 1 saturated heterocycles. The Labute approximate surface area is 159 Å². The third-order valence-electron chi connectivity index (χ3n) is 5.91. The van der Waals surface area contributed by atoms with Crippen LogP contribution in [0, 0.1) is 11.8 Å². The normalized spacial score (nSPS) is 25.4. The van der Waals surface area contributed by atoms with Crippen molar-refractivity contribution in [2.75, 3.05) is 26.2 Å². The SMILES string of the molecule is C/C=C(\C=C/CNCC1=C(C)C2CCNCC2NC1=O)C(CC)CCC. The van der Waals surface area contributed by atoms with E-state index < -0.39 is 0 Å². The van der Waals surface area contributed by atoms with Crippen molar-refractivity contribution in [2.24, 2.45) is 11.8 Å². The second-order valence-electron chi connectivity index (χ2n) is 7.56. The monoisotopic (exact) mass is 359 g/mol. The molecular formula is C22H37N3O. The van der Waals surface area contributed by atoms with Gasteiger partial charge in [0.2, 0.25) is 5.91 Å². The van der Waals surface area contributed by atoms with E-state index in [9.17, 15) is 4.79 Å². The quantitative estimate of drug-likeness (QED) is 0.437. The van der Waals surface area contributed by atoms with Crippen LogP contribution in [0.25, 0.3) is 0 Å². The molecule has 146 valence electrons. The van der Waals surface area contributed by atoms with E-state index in [2.05, 4.69) is 61.9 Å². The van der Waals surface area contributed by atoms with E-state index in [4.69, 9.17) is 0 Å². The van der Waals surface area contributed by atoms with Crippen molar-refractivity contribution in [3.8, 4) is 0 Å². The number of fused-ring (bicyclic) bond motifs is 1. The summed E-state index contributed by atoms with van der Waals surface area (Å²) in [5.41, 5.74) is 3.64. The first-order valence-corrected chi connectivity index (χ1v) is 10.4. The summed E-state index contributed by atoms with van der Waals surface area (Å²) in [6, 6.07) is 0.265. The molecule has 2 aliphatic heterocycles. The summed E-state index contributed by atoms with van der Waals surface area (Å²) in [5.74, 6) is 1.26. The smallest absolute Gasteiger partial charge is 0.248 e. The van der Waals surface area contributed by atoms with E-state index in [1.807, 2.05) is 0 Å². The first-order valence-electron chi connectivity index (χ1n) is 10.4. The highest BCUT2D eigenvalue weighted by Crippen LogP contribution is 2.28. The molecule has 0 aliphatic carbocycles. The third-order valence-corrected chi connectivity index (χ3v) is 5.91. The molecule has 0 spiro atoms. The van der Waals surface area contributed by atoms with E-state index in [0.29, 0.717) is 18.4 Å². The highest BCUT2D eigenvalue weighted by molar-refractivity contribution is 5.96. The molecule has 4 heteroatoms. The number of carbonyl (C=O) groups is 1. The van der Waals surface area contributed by atoms with Crippen LogP contribution < -0.4 is 16.0 Å². The molecule has 3 N–H and O–H groups in total. The molecular weight excluding hydrogens is 322 g/mol. The Morgan fingerprint density at radius 2 is 2.19 bits per heavy atom.